The van der Waals surface area contributed by atoms with Crippen LogP contribution in [0.2, 0.25) is 0 Å². The molecule has 2 aliphatic rings. The third-order valence-electron chi connectivity index (χ3n) is 4.13. The van der Waals surface area contributed by atoms with E-state index in [1.54, 1.807) is 0 Å². The van der Waals surface area contributed by atoms with Crippen molar-refractivity contribution in [3.63, 3.8) is 0 Å². The topological polar surface area (TPSA) is 57.6 Å². The molecule has 0 spiro atoms. The Morgan fingerprint density at radius 2 is 1.82 bits per heavy atom. The number of hydrogen-bond donors (Lipinski definition) is 1. The summed E-state index contributed by atoms with van der Waals surface area (Å²) in [5.74, 6) is 0.417. The third kappa shape index (κ3) is 2.10. The van der Waals surface area contributed by atoms with Crippen molar-refractivity contribution in [2.75, 3.05) is 6.61 Å². The number of likely N-dealkylation sites (tertiary alicyclic amines) is 1. The Kier molecular flexibility index (Phi) is 3.52. The number of imide groups is 1. The number of aliphatic hydroxyl groups is 1. The van der Waals surface area contributed by atoms with Crippen molar-refractivity contribution in [1.82, 2.24) is 4.90 Å². The predicted octanol–water partition coefficient (Wildman–Crippen LogP) is 1.18. The molecule has 3 unspecified atom stereocenters. The maximum Gasteiger partial charge on any atom is 0.233 e. The summed E-state index contributed by atoms with van der Waals surface area (Å²) in [7, 11) is 0. The monoisotopic (exact) mass is 239 g/mol. The van der Waals surface area contributed by atoms with E-state index in [4.69, 9.17) is 5.11 Å². The van der Waals surface area contributed by atoms with Crippen LogP contribution in [0, 0.1) is 17.8 Å². The first-order valence-electron chi connectivity index (χ1n) is 6.54. The fraction of sp³-hybridized carbons (Fsp3) is 0.846. The first kappa shape index (κ1) is 12.6. The first-order valence-corrected chi connectivity index (χ1v) is 6.54. The minimum absolute atomic E-state index is 0.0230. The molecule has 1 aliphatic heterocycles. The van der Waals surface area contributed by atoms with E-state index < -0.39 is 0 Å². The normalized spacial score (nSPS) is 34.3. The average molecular weight is 239 g/mol. The van der Waals surface area contributed by atoms with Gasteiger partial charge in [-0.25, -0.2) is 0 Å². The zero-order valence-electron chi connectivity index (χ0n) is 10.6. The van der Waals surface area contributed by atoms with Crippen LogP contribution in [0.4, 0.5) is 0 Å². The minimum Gasteiger partial charge on any atom is -0.396 e. The van der Waals surface area contributed by atoms with E-state index >= 15 is 0 Å². The van der Waals surface area contributed by atoms with Gasteiger partial charge in [-0.05, 0) is 38.5 Å². The van der Waals surface area contributed by atoms with Gasteiger partial charge in [0.25, 0.3) is 0 Å². The second-order valence-electron chi connectivity index (χ2n) is 5.55. The zero-order chi connectivity index (χ0) is 12.6. The molecule has 1 saturated heterocycles. The molecule has 1 aliphatic carbocycles. The van der Waals surface area contributed by atoms with Crippen LogP contribution in [0.15, 0.2) is 0 Å². The van der Waals surface area contributed by atoms with Crippen LogP contribution in [0.5, 0.6) is 0 Å². The summed E-state index contributed by atoms with van der Waals surface area (Å²) < 4.78 is 0. The van der Waals surface area contributed by atoms with E-state index in [-0.39, 0.29) is 36.3 Å². The lowest BCUT2D eigenvalue weighted by atomic mass is 10.00. The van der Waals surface area contributed by atoms with E-state index in [9.17, 15) is 9.59 Å². The van der Waals surface area contributed by atoms with Crippen molar-refractivity contribution in [1.29, 1.82) is 0 Å². The van der Waals surface area contributed by atoms with Crippen LogP contribution in [0.25, 0.3) is 0 Å². The van der Waals surface area contributed by atoms with Crippen molar-refractivity contribution in [2.45, 2.75) is 45.6 Å². The smallest absolute Gasteiger partial charge is 0.233 e. The lowest BCUT2D eigenvalue weighted by Crippen LogP contribution is -2.39. The first-order chi connectivity index (χ1) is 8.06. The molecular formula is C13H21NO3. The van der Waals surface area contributed by atoms with Crippen LogP contribution < -0.4 is 0 Å². The molecule has 2 rings (SSSR count). The van der Waals surface area contributed by atoms with Gasteiger partial charge in [-0.15, -0.1) is 0 Å². The second-order valence-corrected chi connectivity index (χ2v) is 5.55. The van der Waals surface area contributed by atoms with Gasteiger partial charge >= 0.3 is 0 Å². The fourth-order valence-corrected chi connectivity index (χ4v) is 3.25. The minimum atomic E-state index is -0.0666. The molecule has 4 nitrogen and oxygen atoms in total. The molecule has 1 N–H and O–H groups in total. The standard InChI is InChI=1S/C13H21NO3/c1-8-6-10-11(7-8)13(17)14(12(10)16)9(2)4-3-5-15/h8-11,15H,3-7H2,1-2H3. The van der Waals surface area contributed by atoms with E-state index in [1.165, 1.54) is 4.90 Å². The largest absolute Gasteiger partial charge is 0.396 e. The van der Waals surface area contributed by atoms with Crippen molar-refractivity contribution in [3.05, 3.63) is 0 Å². The maximum absolute atomic E-state index is 12.2. The predicted molar refractivity (Wildman–Crippen MR) is 63.0 cm³/mol. The highest BCUT2D eigenvalue weighted by Crippen LogP contribution is 2.43. The average Bonchev–Trinajstić information content (AvgIpc) is 2.76. The van der Waals surface area contributed by atoms with E-state index in [1.807, 2.05) is 6.92 Å². The SMILES string of the molecule is CC1CC2C(=O)N(C(C)CCCO)C(=O)C2C1. The highest BCUT2D eigenvalue weighted by atomic mass is 16.3. The van der Waals surface area contributed by atoms with Crippen molar-refractivity contribution < 1.29 is 14.7 Å². The number of aliphatic hydroxyl groups excluding tert-OH is 1. The van der Waals surface area contributed by atoms with Gasteiger partial charge in [-0.2, -0.15) is 0 Å². The Labute approximate surface area is 102 Å². The summed E-state index contributed by atoms with van der Waals surface area (Å²) >= 11 is 0. The van der Waals surface area contributed by atoms with Crippen LogP contribution in [-0.4, -0.2) is 34.5 Å². The fourth-order valence-electron chi connectivity index (χ4n) is 3.25. The van der Waals surface area contributed by atoms with Gasteiger partial charge in [-0.3, -0.25) is 14.5 Å². The summed E-state index contributed by atoms with van der Waals surface area (Å²) in [4.78, 5) is 25.8. The van der Waals surface area contributed by atoms with Crippen LogP contribution >= 0.6 is 0 Å². The van der Waals surface area contributed by atoms with E-state index in [0.29, 0.717) is 18.8 Å². The Hall–Kier alpha value is -0.900. The Morgan fingerprint density at radius 1 is 1.29 bits per heavy atom. The van der Waals surface area contributed by atoms with E-state index in [2.05, 4.69) is 6.92 Å². The molecule has 0 bridgehead atoms. The summed E-state index contributed by atoms with van der Waals surface area (Å²) in [6.07, 6.45) is 3.06. The number of nitrogens with zero attached hydrogens (tertiary/aromatic N) is 1. The summed E-state index contributed by atoms with van der Waals surface area (Å²) in [5.41, 5.74) is 0. The number of carbonyl (C=O) groups is 2. The number of fused-ring (bicyclic) bond motifs is 1. The molecule has 1 heterocycles. The lowest BCUT2D eigenvalue weighted by molar-refractivity contribution is -0.143. The Bertz CT molecular complexity index is 305. The molecule has 17 heavy (non-hydrogen) atoms. The highest BCUT2D eigenvalue weighted by molar-refractivity contribution is 6.05. The molecule has 3 atom stereocenters. The molecular weight excluding hydrogens is 218 g/mol. The van der Waals surface area contributed by atoms with Crippen molar-refractivity contribution in [2.24, 2.45) is 17.8 Å². The zero-order valence-corrected chi connectivity index (χ0v) is 10.6. The molecule has 0 radical (unpaired) electrons. The summed E-state index contributed by atoms with van der Waals surface area (Å²) in [6, 6.07) is -0.0666. The summed E-state index contributed by atoms with van der Waals surface area (Å²) in [6.45, 7) is 4.12. The van der Waals surface area contributed by atoms with Gasteiger partial charge in [0.2, 0.25) is 11.8 Å². The molecule has 0 aromatic carbocycles. The van der Waals surface area contributed by atoms with E-state index in [0.717, 1.165) is 12.8 Å². The van der Waals surface area contributed by atoms with Crippen molar-refractivity contribution in [3.8, 4) is 0 Å². The van der Waals surface area contributed by atoms with Gasteiger partial charge in [0.1, 0.15) is 0 Å². The van der Waals surface area contributed by atoms with Gasteiger partial charge < -0.3 is 5.11 Å². The quantitative estimate of drug-likeness (QED) is 0.749. The summed E-state index contributed by atoms with van der Waals surface area (Å²) in [5, 5.41) is 8.80. The number of rotatable bonds is 4. The van der Waals surface area contributed by atoms with Gasteiger partial charge in [0.15, 0.2) is 0 Å². The van der Waals surface area contributed by atoms with Gasteiger partial charge in [0.05, 0.1) is 11.8 Å². The molecule has 4 heteroatoms. The highest BCUT2D eigenvalue weighted by Gasteiger charge is 2.52. The van der Waals surface area contributed by atoms with Crippen LogP contribution in [-0.2, 0) is 9.59 Å². The van der Waals surface area contributed by atoms with Crippen LogP contribution in [0.3, 0.4) is 0 Å². The second kappa shape index (κ2) is 4.77. The third-order valence-corrected chi connectivity index (χ3v) is 4.13. The van der Waals surface area contributed by atoms with Gasteiger partial charge in [0, 0.05) is 12.6 Å². The molecule has 96 valence electrons. The van der Waals surface area contributed by atoms with Gasteiger partial charge in [-0.1, -0.05) is 6.92 Å². The molecule has 0 aromatic heterocycles. The Morgan fingerprint density at radius 3 is 2.29 bits per heavy atom. The van der Waals surface area contributed by atoms with Crippen molar-refractivity contribution >= 4 is 11.8 Å². The number of amides is 2. The molecule has 2 fully saturated rings. The maximum atomic E-state index is 12.2. The van der Waals surface area contributed by atoms with Crippen LogP contribution in [0.1, 0.15) is 39.5 Å². The number of carbonyl (C=O) groups excluding carboxylic acids is 2. The molecule has 0 aromatic rings. The molecule has 1 saturated carbocycles. The number of hydrogen-bond acceptors (Lipinski definition) is 3. The molecule has 2 amide bonds. The lowest BCUT2D eigenvalue weighted by Gasteiger charge is -2.24. The Balaban J connectivity index is 2.06.